The van der Waals surface area contributed by atoms with E-state index in [0.717, 1.165) is 30.4 Å². The zero-order valence-electron chi connectivity index (χ0n) is 8.45. The van der Waals surface area contributed by atoms with Gasteiger partial charge in [0.15, 0.2) is 5.78 Å². The minimum Gasteiger partial charge on any atom is -0.293 e. The maximum absolute atomic E-state index is 11.8. The monoisotopic (exact) mass is 264 g/mol. The van der Waals surface area contributed by atoms with E-state index >= 15 is 0 Å². The SMILES string of the molecule is O=C1C(=Cc2ccccc2)CCCC1Br. The molecule has 1 atom stereocenters. The van der Waals surface area contributed by atoms with Crippen molar-refractivity contribution in [2.24, 2.45) is 0 Å². The van der Waals surface area contributed by atoms with E-state index < -0.39 is 0 Å². The smallest absolute Gasteiger partial charge is 0.172 e. The van der Waals surface area contributed by atoms with Gasteiger partial charge in [0.1, 0.15) is 0 Å². The third kappa shape index (κ3) is 2.57. The number of benzene rings is 1. The van der Waals surface area contributed by atoms with Crippen LogP contribution in [0.25, 0.3) is 6.08 Å². The van der Waals surface area contributed by atoms with Crippen molar-refractivity contribution in [1.82, 2.24) is 0 Å². The average Bonchev–Trinajstić information content (AvgIpc) is 2.26. The first-order chi connectivity index (χ1) is 7.27. The average molecular weight is 265 g/mol. The van der Waals surface area contributed by atoms with Gasteiger partial charge in [0.05, 0.1) is 4.83 Å². The highest BCUT2D eigenvalue weighted by molar-refractivity contribution is 9.10. The molecule has 1 aromatic rings. The van der Waals surface area contributed by atoms with Crippen molar-refractivity contribution in [3.05, 3.63) is 41.5 Å². The van der Waals surface area contributed by atoms with Crippen LogP contribution in [0.4, 0.5) is 0 Å². The zero-order chi connectivity index (χ0) is 10.7. The molecule has 1 aliphatic carbocycles. The van der Waals surface area contributed by atoms with Crippen LogP contribution in [0, 0.1) is 0 Å². The predicted molar refractivity (Wildman–Crippen MR) is 66.0 cm³/mol. The first-order valence-electron chi connectivity index (χ1n) is 5.21. The molecule has 1 fully saturated rings. The van der Waals surface area contributed by atoms with Gasteiger partial charge in [-0.25, -0.2) is 0 Å². The van der Waals surface area contributed by atoms with Gasteiger partial charge in [-0.05, 0) is 36.5 Å². The molecule has 0 N–H and O–H groups in total. The summed E-state index contributed by atoms with van der Waals surface area (Å²) in [5.74, 6) is 0.255. The Hall–Kier alpha value is -0.890. The first-order valence-corrected chi connectivity index (χ1v) is 6.13. The Morgan fingerprint density at radius 3 is 2.73 bits per heavy atom. The molecular weight excluding hydrogens is 252 g/mol. The molecule has 1 unspecified atom stereocenters. The molecular formula is C13H13BrO. The van der Waals surface area contributed by atoms with Gasteiger partial charge in [-0.3, -0.25) is 4.79 Å². The summed E-state index contributed by atoms with van der Waals surface area (Å²) >= 11 is 3.42. The Balaban J connectivity index is 2.23. The lowest BCUT2D eigenvalue weighted by Crippen LogP contribution is -2.21. The summed E-state index contributed by atoms with van der Waals surface area (Å²) in [5, 5.41) is 0. The van der Waals surface area contributed by atoms with E-state index in [1.165, 1.54) is 0 Å². The number of carbonyl (C=O) groups is 1. The third-order valence-corrected chi connectivity index (χ3v) is 3.52. The summed E-state index contributed by atoms with van der Waals surface area (Å²) in [6.45, 7) is 0. The Morgan fingerprint density at radius 1 is 1.27 bits per heavy atom. The Bertz CT molecular complexity index is 381. The van der Waals surface area contributed by atoms with E-state index in [1.54, 1.807) is 0 Å². The molecule has 15 heavy (non-hydrogen) atoms. The van der Waals surface area contributed by atoms with Crippen molar-refractivity contribution in [1.29, 1.82) is 0 Å². The van der Waals surface area contributed by atoms with Gasteiger partial charge in [0, 0.05) is 0 Å². The summed E-state index contributed by atoms with van der Waals surface area (Å²) < 4.78 is 0. The highest BCUT2D eigenvalue weighted by Gasteiger charge is 2.23. The van der Waals surface area contributed by atoms with Crippen molar-refractivity contribution in [3.8, 4) is 0 Å². The number of ketones is 1. The van der Waals surface area contributed by atoms with E-state index in [0.29, 0.717) is 0 Å². The maximum Gasteiger partial charge on any atom is 0.172 e. The van der Waals surface area contributed by atoms with Gasteiger partial charge in [0.25, 0.3) is 0 Å². The molecule has 78 valence electrons. The molecule has 1 aliphatic rings. The first kappa shape index (κ1) is 10.6. The van der Waals surface area contributed by atoms with Gasteiger partial charge in [-0.15, -0.1) is 0 Å². The fourth-order valence-electron chi connectivity index (χ4n) is 1.82. The van der Waals surface area contributed by atoms with Crippen molar-refractivity contribution in [2.75, 3.05) is 0 Å². The number of Topliss-reactive ketones (excluding diaryl/α,β-unsaturated/α-hetero) is 1. The number of rotatable bonds is 1. The molecule has 1 saturated carbocycles. The van der Waals surface area contributed by atoms with Gasteiger partial charge in [0.2, 0.25) is 0 Å². The summed E-state index contributed by atoms with van der Waals surface area (Å²) in [6, 6.07) is 10.0. The van der Waals surface area contributed by atoms with Crippen LogP contribution in [0.5, 0.6) is 0 Å². The quantitative estimate of drug-likeness (QED) is 0.560. The number of allylic oxidation sites excluding steroid dienone is 1. The van der Waals surface area contributed by atoms with E-state index in [-0.39, 0.29) is 10.6 Å². The topological polar surface area (TPSA) is 17.1 Å². The minimum atomic E-state index is 0.0289. The second-order valence-electron chi connectivity index (χ2n) is 3.80. The normalized spacial score (nSPS) is 24.5. The Labute approximate surface area is 98.3 Å². The molecule has 1 nitrogen and oxygen atoms in total. The summed E-state index contributed by atoms with van der Waals surface area (Å²) in [6.07, 6.45) is 4.98. The molecule has 0 saturated heterocycles. The second kappa shape index (κ2) is 4.75. The Morgan fingerprint density at radius 2 is 2.00 bits per heavy atom. The lowest BCUT2D eigenvalue weighted by Gasteiger charge is -2.17. The van der Waals surface area contributed by atoms with E-state index in [9.17, 15) is 4.79 Å². The fraction of sp³-hybridized carbons (Fsp3) is 0.308. The van der Waals surface area contributed by atoms with E-state index in [1.807, 2.05) is 36.4 Å². The Kier molecular flexibility index (Phi) is 3.37. The fourth-order valence-corrected chi connectivity index (χ4v) is 2.44. The molecule has 0 heterocycles. The number of halogens is 1. The highest BCUT2D eigenvalue weighted by Crippen LogP contribution is 2.26. The maximum atomic E-state index is 11.8. The van der Waals surface area contributed by atoms with Crippen LogP contribution >= 0.6 is 15.9 Å². The van der Waals surface area contributed by atoms with Crippen molar-refractivity contribution in [3.63, 3.8) is 0 Å². The second-order valence-corrected chi connectivity index (χ2v) is 4.91. The minimum absolute atomic E-state index is 0.0289. The van der Waals surface area contributed by atoms with Crippen LogP contribution in [0.15, 0.2) is 35.9 Å². The molecule has 0 aliphatic heterocycles. The molecule has 0 bridgehead atoms. The molecule has 0 spiro atoms. The number of hydrogen-bond donors (Lipinski definition) is 0. The summed E-state index contributed by atoms with van der Waals surface area (Å²) in [4.78, 5) is 11.8. The van der Waals surface area contributed by atoms with Crippen LogP contribution in [0.2, 0.25) is 0 Å². The zero-order valence-corrected chi connectivity index (χ0v) is 10.0. The lowest BCUT2D eigenvalue weighted by molar-refractivity contribution is -0.115. The molecule has 0 radical (unpaired) electrons. The van der Waals surface area contributed by atoms with Crippen molar-refractivity contribution < 1.29 is 4.79 Å². The van der Waals surface area contributed by atoms with Gasteiger partial charge in [-0.2, -0.15) is 0 Å². The molecule has 2 heteroatoms. The largest absolute Gasteiger partial charge is 0.293 e. The molecule has 0 amide bonds. The summed E-state index contributed by atoms with van der Waals surface area (Å²) in [7, 11) is 0. The van der Waals surface area contributed by atoms with Crippen LogP contribution in [-0.4, -0.2) is 10.6 Å². The van der Waals surface area contributed by atoms with Crippen LogP contribution in [0.1, 0.15) is 24.8 Å². The van der Waals surface area contributed by atoms with Gasteiger partial charge < -0.3 is 0 Å². The van der Waals surface area contributed by atoms with Gasteiger partial charge in [-0.1, -0.05) is 46.3 Å². The highest BCUT2D eigenvalue weighted by atomic mass is 79.9. The standard InChI is InChI=1S/C13H13BrO/c14-12-8-4-7-11(13(12)15)9-10-5-2-1-3-6-10/h1-3,5-6,9,12H,4,7-8H2. The lowest BCUT2D eigenvalue weighted by atomic mass is 9.92. The number of carbonyl (C=O) groups excluding carboxylic acids is 1. The third-order valence-electron chi connectivity index (χ3n) is 2.65. The van der Waals surface area contributed by atoms with E-state index in [4.69, 9.17) is 0 Å². The van der Waals surface area contributed by atoms with Crippen molar-refractivity contribution in [2.45, 2.75) is 24.1 Å². The molecule has 1 aromatic carbocycles. The number of alkyl halides is 1. The predicted octanol–water partition coefficient (Wildman–Crippen LogP) is 3.59. The van der Waals surface area contributed by atoms with Crippen LogP contribution in [0.3, 0.4) is 0 Å². The van der Waals surface area contributed by atoms with Gasteiger partial charge >= 0.3 is 0 Å². The summed E-state index contributed by atoms with van der Waals surface area (Å²) in [5.41, 5.74) is 2.07. The molecule has 2 rings (SSSR count). The van der Waals surface area contributed by atoms with Crippen LogP contribution < -0.4 is 0 Å². The van der Waals surface area contributed by atoms with Crippen molar-refractivity contribution >= 4 is 27.8 Å². The van der Waals surface area contributed by atoms with Crippen LogP contribution in [-0.2, 0) is 4.79 Å². The molecule has 0 aromatic heterocycles. The number of hydrogen-bond acceptors (Lipinski definition) is 1. The van der Waals surface area contributed by atoms with E-state index in [2.05, 4.69) is 15.9 Å².